The summed E-state index contributed by atoms with van der Waals surface area (Å²) in [4.78, 5) is 24.1. The Labute approximate surface area is 159 Å². The fourth-order valence-electron chi connectivity index (χ4n) is 3.20. The SMILES string of the molecule is Cc1ccc(S(=O)(=O)N2CCC(NC(=O)C3=NN(C)C(=O)CC3)CC2)cc1. The van der Waals surface area contributed by atoms with Crippen molar-refractivity contribution in [2.45, 2.75) is 43.5 Å². The Bertz CT molecular complexity index is 856. The zero-order valence-corrected chi connectivity index (χ0v) is 16.3. The maximum atomic E-state index is 12.7. The summed E-state index contributed by atoms with van der Waals surface area (Å²) >= 11 is 0. The number of hydrogen-bond acceptors (Lipinski definition) is 5. The lowest BCUT2D eigenvalue weighted by Gasteiger charge is -2.32. The van der Waals surface area contributed by atoms with Crippen LogP contribution in [0, 0.1) is 6.92 Å². The van der Waals surface area contributed by atoms with E-state index in [1.807, 2.05) is 6.92 Å². The van der Waals surface area contributed by atoms with E-state index in [0.29, 0.717) is 43.0 Å². The lowest BCUT2D eigenvalue weighted by atomic mass is 10.1. The zero-order valence-electron chi connectivity index (χ0n) is 15.5. The highest BCUT2D eigenvalue weighted by atomic mass is 32.2. The van der Waals surface area contributed by atoms with Crippen molar-refractivity contribution in [2.24, 2.45) is 5.10 Å². The van der Waals surface area contributed by atoms with Crippen LogP contribution < -0.4 is 5.32 Å². The number of nitrogens with zero attached hydrogens (tertiary/aromatic N) is 3. The second kappa shape index (κ2) is 7.77. The van der Waals surface area contributed by atoms with Crippen molar-refractivity contribution in [3.8, 4) is 0 Å². The smallest absolute Gasteiger partial charge is 0.267 e. The molecule has 2 amide bonds. The quantitative estimate of drug-likeness (QED) is 0.822. The van der Waals surface area contributed by atoms with Gasteiger partial charge in [0.1, 0.15) is 5.71 Å². The molecule has 146 valence electrons. The van der Waals surface area contributed by atoms with Crippen LogP contribution in [0.25, 0.3) is 0 Å². The van der Waals surface area contributed by atoms with Crippen LogP contribution in [0.2, 0.25) is 0 Å². The standard InChI is InChI=1S/C18H24N4O4S/c1-13-3-5-15(6-4-13)27(25,26)22-11-9-14(10-12-22)19-18(24)16-7-8-17(23)21(2)20-16/h3-6,14H,7-12H2,1-2H3,(H,19,24). The van der Waals surface area contributed by atoms with Gasteiger partial charge in [-0.3, -0.25) is 9.59 Å². The molecule has 2 aliphatic rings. The van der Waals surface area contributed by atoms with Gasteiger partial charge >= 0.3 is 0 Å². The number of sulfonamides is 1. The molecule has 2 aliphatic heterocycles. The van der Waals surface area contributed by atoms with Gasteiger partial charge in [-0.25, -0.2) is 13.4 Å². The third kappa shape index (κ3) is 4.36. The van der Waals surface area contributed by atoms with Gasteiger partial charge in [-0.05, 0) is 31.9 Å². The first kappa shape index (κ1) is 19.5. The first-order chi connectivity index (χ1) is 12.8. The lowest BCUT2D eigenvalue weighted by Crippen LogP contribution is -2.48. The van der Waals surface area contributed by atoms with Gasteiger partial charge in [0.05, 0.1) is 4.90 Å². The monoisotopic (exact) mass is 392 g/mol. The molecule has 0 unspecified atom stereocenters. The molecule has 0 aromatic heterocycles. The summed E-state index contributed by atoms with van der Waals surface area (Å²) in [5.74, 6) is -0.393. The Morgan fingerprint density at radius 2 is 1.78 bits per heavy atom. The molecule has 0 atom stereocenters. The van der Waals surface area contributed by atoms with Crippen molar-refractivity contribution in [3.63, 3.8) is 0 Å². The van der Waals surface area contributed by atoms with Crippen LogP contribution in [0.15, 0.2) is 34.3 Å². The highest BCUT2D eigenvalue weighted by molar-refractivity contribution is 7.89. The number of carbonyl (C=O) groups is 2. The van der Waals surface area contributed by atoms with E-state index in [1.165, 1.54) is 16.4 Å². The second-order valence-electron chi connectivity index (χ2n) is 6.93. The molecular weight excluding hydrogens is 368 g/mol. The van der Waals surface area contributed by atoms with E-state index in [1.54, 1.807) is 24.3 Å². The van der Waals surface area contributed by atoms with Crippen molar-refractivity contribution in [1.29, 1.82) is 0 Å². The molecule has 2 heterocycles. The van der Waals surface area contributed by atoms with Crippen molar-refractivity contribution in [3.05, 3.63) is 29.8 Å². The van der Waals surface area contributed by atoms with E-state index in [4.69, 9.17) is 0 Å². The van der Waals surface area contributed by atoms with Gasteiger partial charge < -0.3 is 5.32 Å². The minimum atomic E-state index is -3.51. The highest BCUT2D eigenvalue weighted by Crippen LogP contribution is 2.21. The maximum Gasteiger partial charge on any atom is 0.267 e. The number of piperidine rings is 1. The Balaban J connectivity index is 1.57. The van der Waals surface area contributed by atoms with Gasteiger partial charge in [-0.2, -0.15) is 9.41 Å². The minimum Gasteiger partial charge on any atom is -0.348 e. The van der Waals surface area contributed by atoms with Crippen LogP contribution in [0.1, 0.15) is 31.2 Å². The lowest BCUT2D eigenvalue weighted by molar-refractivity contribution is -0.130. The second-order valence-corrected chi connectivity index (χ2v) is 8.87. The van der Waals surface area contributed by atoms with Crippen LogP contribution in [0.4, 0.5) is 0 Å². The average Bonchev–Trinajstić information content (AvgIpc) is 2.64. The molecular formula is C18H24N4O4S. The van der Waals surface area contributed by atoms with Crippen molar-refractivity contribution >= 4 is 27.5 Å². The third-order valence-corrected chi connectivity index (χ3v) is 6.83. The Morgan fingerprint density at radius 3 is 2.37 bits per heavy atom. The van der Waals surface area contributed by atoms with E-state index in [9.17, 15) is 18.0 Å². The van der Waals surface area contributed by atoms with Crippen molar-refractivity contribution in [2.75, 3.05) is 20.1 Å². The van der Waals surface area contributed by atoms with E-state index >= 15 is 0 Å². The molecule has 1 fully saturated rings. The molecule has 1 aromatic rings. The van der Waals surface area contributed by atoms with Gasteiger partial charge in [-0.1, -0.05) is 17.7 Å². The number of carbonyl (C=O) groups excluding carboxylic acids is 2. The largest absolute Gasteiger partial charge is 0.348 e. The van der Waals surface area contributed by atoms with Crippen LogP contribution >= 0.6 is 0 Å². The Kier molecular flexibility index (Phi) is 5.61. The normalized spacial score (nSPS) is 19.7. The number of aryl methyl sites for hydroxylation is 1. The van der Waals surface area contributed by atoms with Crippen LogP contribution in [-0.2, 0) is 19.6 Å². The van der Waals surface area contributed by atoms with Crippen LogP contribution in [-0.4, -0.2) is 61.4 Å². The van der Waals surface area contributed by atoms with Crippen molar-refractivity contribution < 1.29 is 18.0 Å². The van der Waals surface area contributed by atoms with Gasteiger partial charge in [0.25, 0.3) is 5.91 Å². The van der Waals surface area contributed by atoms with Gasteiger partial charge in [0, 0.05) is 39.0 Å². The Morgan fingerprint density at radius 1 is 1.15 bits per heavy atom. The first-order valence-electron chi connectivity index (χ1n) is 8.99. The topological polar surface area (TPSA) is 99.2 Å². The molecule has 1 N–H and O–H groups in total. The molecule has 0 bridgehead atoms. The third-order valence-electron chi connectivity index (χ3n) is 4.92. The molecule has 27 heavy (non-hydrogen) atoms. The van der Waals surface area contributed by atoms with Gasteiger partial charge in [0.15, 0.2) is 0 Å². The average molecular weight is 392 g/mol. The summed E-state index contributed by atoms with van der Waals surface area (Å²) in [6.07, 6.45) is 1.68. The van der Waals surface area contributed by atoms with Crippen LogP contribution in [0.3, 0.4) is 0 Å². The maximum absolute atomic E-state index is 12.7. The van der Waals surface area contributed by atoms with E-state index < -0.39 is 10.0 Å². The fraction of sp³-hybridized carbons (Fsp3) is 0.500. The number of rotatable bonds is 4. The summed E-state index contributed by atoms with van der Waals surface area (Å²) in [5.41, 5.74) is 1.35. The summed E-state index contributed by atoms with van der Waals surface area (Å²) in [6.45, 7) is 2.62. The summed E-state index contributed by atoms with van der Waals surface area (Å²) in [5, 5.41) is 8.12. The highest BCUT2D eigenvalue weighted by Gasteiger charge is 2.31. The first-order valence-corrected chi connectivity index (χ1v) is 10.4. The number of nitrogens with one attached hydrogen (secondary N) is 1. The number of amides is 2. The summed E-state index contributed by atoms with van der Waals surface area (Å²) in [6, 6.07) is 6.71. The number of hydrazone groups is 1. The van der Waals surface area contributed by atoms with E-state index in [-0.39, 0.29) is 24.3 Å². The molecule has 1 aromatic carbocycles. The predicted molar refractivity (Wildman–Crippen MR) is 101 cm³/mol. The van der Waals surface area contributed by atoms with E-state index in [2.05, 4.69) is 10.4 Å². The zero-order chi connectivity index (χ0) is 19.6. The fourth-order valence-corrected chi connectivity index (χ4v) is 4.67. The predicted octanol–water partition coefficient (Wildman–Crippen LogP) is 0.873. The molecule has 0 aliphatic carbocycles. The van der Waals surface area contributed by atoms with Crippen LogP contribution in [0.5, 0.6) is 0 Å². The molecule has 0 radical (unpaired) electrons. The Hall–Kier alpha value is -2.26. The molecule has 8 nitrogen and oxygen atoms in total. The number of hydrogen-bond donors (Lipinski definition) is 1. The molecule has 0 spiro atoms. The summed E-state index contributed by atoms with van der Waals surface area (Å²) in [7, 11) is -1.98. The minimum absolute atomic E-state index is 0.104. The number of benzene rings is 1. The summed E-state index contributed by atoms with van der Waals surface area (Å²) < 4.78 is 26.9. The molecule has 3 rings (SSSR count). The van der Waals surface area contributed by atoms with Gasteiger partial charge in [0.2, 0.25) is 15.9 Å². The van der Waals surface area contributed by atoms with E-state index in [0.717, 1.165) is 5.56 Å². The van der Waals surface area contributed by atoms with Crippen molar-refractivity contribution in [1.82, 2.24) is 14.6 Å². The molecule has 9 heteroatoms. The molecule has 0 saturated carbocycles. The molecule has 1 saturated heterocycles. The van der Waals surface area contributed by atoms with Gasteiger partial charge in [-0.15, -0.1) is 0 Å².